The number of nitrogens with zero attached hydrogens (tertiary/aromatic N) is 3. The zero-order valence-electron chi connectivity index (χ0n) is 16.9. The number of rotatable bonds is 8. The highest BCUT2D eigenvalue weighted by Crippen LogP contribution is 2.20. The highest BCUT2D eigenvalue weighted by molar-refractivity contribution is 5.83. The smallest absolute Gasteiger partial charge is 0.227 e. The van der Waals surface area contributed by atoms with Crippen molar-refractivity contribution in [3.05, 3.63) is 47.7 Å². The Labute approximate surface area is 167 Å². The Morgan fingerprint density at radius 2 is 1.86 bits per heavy atom. The fourth-order valence-electron chi connectivity index (χ4n) is 3.66. The van der Waals surface area contributed by atoms with Gasteiger partial charge in [0.05, 0.1) is 5.92 Å². The van der Waals surface area contributed by atoms with Crippen LogP contribution in [0.2, 0.25) is 0 Å². The van der Waals surface area contributed by atoms with Crippen molar-refractivity contribution in [3.8, 4) is 0 Å². The average Bonchev–Trinajstić information content (AvgIpc) is 2.73. The lowest BCUT2D eigenvalue weighted by molar-refractivity contribution is -0.122. The molecule has 1 fully saturated rings. The van der Waals surface area contributed by atoms with Crippen LogP contribution in [0.5, 0.6) is 0 Å². The van der Waals surface area contributed by atoms with Crippen molar-refractivity contribution in [2.45, 2.75) is 45.4 Å². The highest BCUT2D eigenvalue weighted by Gasteiger charge is 2.18. The lowest BCUT2D eigenvalue weighted by Gasteiger charge is -2.28. The predicted octanol–water partition coefficient (Wildman–Crippen LogP) is 3.50. The number of aryl methyl sites for hydroxylation is 1. The van der Waals surface area contributed by atoms with E-state index in [-0.39, 0.29) is 11.8 Å². The van der Waals surface area contributed by atoms with Gasteiger partial charge in [0, 0.05) is 37.9 Å². The van der Waals surface area contributed by atoms with Crippen molar-refractivity contribution >= 4 is 17.7 Å². The normalized spacial score (nSPS) is 15.1. The molecule has 2 aromatic rings. The fraction of sp³-hybridized carbons (Fsp3) is 0.500. The van der Waals surface area contributed by atoms with Crippen molar-refractivity contribution < 1.29 is 4.79 Å². The Morgan fingerprint density at radius 3 is 2.57 bits per heavy atom. The van der Waals surface area contributed by atoms with Crippen molar-refractivity contribution in [1.29, 1.82) is 0 Å². The van der Waals surface area contributed by atoms with Crippen molar-refractivity contribution in [2.75, 3.05) is 36.4 Å². The molecule has 0 saturated carbocycles. The topological polar surface area (TPSA) is 70.2 Å². The Balaban J connectivity index is 1.50. The molecule has 6 nitrogen and oxygen atoms in total. The summed E-state index contributed by atoms with van der Waals surface area (Å²) in [7, 11) is 0. The van der Waals surface area contributed by atoms with E-state index in [1.54, 1.807) is 0 Å². The molecule has 1 unspecified atom stereocenters. The van der Waals surface area contributed by atoms with E-state index >= 15 is 0 Å². The van der Waals surface area contributed by atoms with Crippen LogP contribution in [-0.2, 0) is 4.79 Å². The third kappa shape index (κ3) is 5.44. The second-order valence-electron chi connectivity index (χ2n) is 7.33. The van der Waals surface area contributed by atoms with Crippen LogP contribution in [-0.4, -0.2) is 42.1 Å². The minimum Gasteiger partial charge on any atom is -0.356 e. The monoisotopic (exact) mass is 381 g/mol. The second-order valence-corrected chi connectivity index (χ2v) is 7.33. The summed E-state index contributed by atoms with van der Waals surface area (Å²) in [6.45, 7) is 7.29. The third-order valence-corrected chi connectivity index (χ3v) is 5.15. The van der Waals surface area contributed by atoms with Crippen molar-refractivity contribution in [1.82, 2.24) is 15.3 Å². The molecule has 2 heterocycles. The van der Waals surface area contributed by atoms with Crippen LogP contribution in [0.1, 0.15) is 49.8 Å². The number of benzene rings is 1. The Bertz CT molecular complexity index is 759. The number of amides is 1. The summed E-state index contributed by atoms with van der Waals surface area (Å²) in [6.07, 6.45) is 4.52. The zero-order chi connectivity index (χ0) is 19.8. The van der Waals surface area contributed by atoms with E-state index in [1.165, 1.54) is 19.3 Å². The van der Waals surface area contributed by atoms with Gasteiger partial charge in [-0.1, -0.05) is 37.3 Å². The van der Waals surface area contributed by atoms with Gasteiger partial charge in [0.15, 0.2) is 0 Å². The molecule has 28 heavy (non-hydrogen) atoms. The Hall–Kier alpha value is -2.63. The van der Waals surface area contributed by atoms with Gasteiger partial charge < -0.3 is 15.5 Å². The van der Waals surface area contributed by atoms with E-state index in [0.717, 1.165) is 36.6 Å². The van der Waals surface area contributed by atoms with Gasteiger partial charge in [0.1, 0.15) is 5.82 Å². The summed E-state index contributed by atoms with van der Waals surface area (Å²) in [5.74, 6) is 1.58. The van der Waals surface area contributed by atoms with Gasteiger partial charge >= 0.3 is 0 Å². The molecule has 0 bridgehead atoms. The van der Waals surface area contributed by atoms with E-state index in [1.807, 2.05) is 50.2 Å². The minimum absolute atomic E-state index is 0.0645. The van der Waals surface area contributed by atoms with Crippen LogP contribution in [0, 0.1) is 6.92 Å². The van der Waals surface area contributed by atoms with Gasteiger partial charge in [0.2, 0.25) is 11.9 Å². The van der Waals surface area contributed by atoms with Gasteiger partial charge in [-0.25, -0.2) is 4.98 Å². The van der Waals surface area contributed by atoms with E-state index in [4.69, 9.17) is 0 Å². The quantitative estimate of drug-likeness (QED) is 0.685. The molecule has 1 aromatic heterocycles. The van der Waals surface area contributed by atoms with Crippen molar-refractivity contribution in [2.24, 2.45) is 0 Å². The molecule has 0 spiro atoms. The van der Waals surface area contributed by atoms with Gasteiger partial charge in [-0.15, -0.1) is 0 Å². The fourth-order valence-corrected chi connectivity index (χ4v) is 3.66. The first-order valence-corrected chi connectivity index (χ1v) is 10.3. The molecule has 6 heteroatoms. The van der Waals surface area contributed by atoms with E-state index in [9.17, 15) is 4.79 Å². The molecule has 1 saturated heterocycles. The lowest BCUT2D eigenvalue weighted by Crippen LogP contribution is -2.33. The number of anilines is 2. The Kier molecular flexibility index (Phi) is 7.23. The summed E-state index contributed by atoms with van der Waals surface area (Å²) in [6, 6.07) is 12.0. The van der Waals surface area contributed by atoms with Gasteiger partial charge in [0.25, 0.3) is 0 Å². The third-order valence-electron chi connectivity index (χ3n) is 5.15. The molecule has 0 radical (unpaired) electrons. The maximum Gasteiger partial charge on any atom is 0.227 e. The van der Waals surface area contributed by atoms with Crippen LogP contribution in [0.25, 0.3) is 0 Å². The van der Waals surface area contributed by atoms with Crippen LogP contribution < -0.4 is 15.5 Å². The molecular weight excluding hydrogens is 350 g/mol. The number of hydrogen-bond acceptors (Lipinski definition) is 5. The van der Waals surface area contributed by atoms with Gasteiger partial charge in [-0.2, -0.15) is 4.98 Å². The van der Waals surface area contributed by atoms with Crippen LogP contribution in [0.15, 0.2) is 36.4 Å². The van der Waals surface area contributed by atoms with Crippen molar-refractivity contribution in [3.63, 3.8) is 0 Å². The lowest BCUT2D eigenvalue weighted by atomic mass is 9.96. The van der Waals surface area contributed by atoms with E-state index < -0.39 is 0 Å². The molecular formula is C22H31N5O. The number of carbonyl (C=O) groups is 1. The molecule has 1 aliphatic heterocycles. The number of aromatic nitrogens is 2. The first-order valence-electron chi connectivity index (χ1n) is 10.3. The van der Waals surface area contributed by atoms with E-state index in [0.29, 0.717) is 19.0 Å². The number of piperidine rings is 1. The number of carbonyl (C=O) groups excluding carboxylic acids is 1. The van der Waals surface area contributed by atoms with Crippen LogP contribution in [0.4, 0.5) is 11.8 Å². The highest BCUT2D eigenvalue weighted by atomic mass is 16.1. The van der Waals surface area contributed by atoms with E-state index in [2.05, 4.69) is 25.5 Å². The average molecular weight is 382 g/mol. The summed E-state index contributed by atoms with van der Waals surface area (Å²) >= 11 is 0. The first-order chi connectivity index (χ1) is 13.7. The summed E-state index contributed by atoms with van der Waals surface area (Å²) < 4.78 is 0. The molecule has 2 N–H and O–H groups in total. The standard InChI is InChI=1S/C22H31N5O/c1-3-19(18-10-6-4-7-11-18)21(28)23-12-13-24-22-25-17(2)16-20(26-22)27-14-8-5-9-15-27/h4,6-7,10-11,16,19H,3,5,8-9,12-15H2,1-2H3,(H,23,28)(H,24,25,26). The second kappa shape index (κ2) is 10.1. The predicted molar refractivity (Wildman–Crippen MR) is 114 cm³/mol. The molecule has 3 rings (SSSR count). The maximum absolute atomic E-state index is 12.5. The summed E-state index contributed by atoms with van der Waals surface area (Å²) in [4.78, 5) is 24.0. The van der Waals surface area contributed by atoms with Crippen LogP contribution in [0.3, 0.4) is 0 Å². The summed E-state index contributed by atoms with van der Waals surface area (Å²) in [5, 5.41) is 6.28. The molecule has 0 aliphatic carbocycles. The largest absolute Gasteiger partial charge is 0.356 e. The number of hydrogen-bond donors (Lipinski definition) is 2. The van der Waals surface area contributed by atoms with Gasteiger partial charge in [-0.3, -0.25) is 4.79 Å². The zero-order valence-corrected chi connectivity index (χ0v) is 16.9. The molecule has 1 aliphatic rings. The SMILES string of the molecule is CCC(C(=O)NCCNc1nc(C)cc(N2CCCCC2)n1)c1ccccc1. The molecule has 1 aromatic carbocycles. The molecule has 1 atom stereocenters. The minimum atomic E-state index is -0.109. The Morgan fingerprint density at radius 1 is 1.11 bits per heavy atom. The molecule has 1 amide bonds. The van der Waals surface area contributed by atoms with Gasteiger partial charge in [-0.05, 0) is 38.2 Å². The maximum atomic E-state index is 12.5. The first kappa shape index (κ1) is 20.1. The van der Waals surface area contributed by atoms with Crippen LogP contribution >= 0.6 is 0 Å². The molecule has 150 valence electrons. The number of nitrogens with one attached hydrogen (secondary N) is 2. The summed E-state index contributed by atoms with van der Waals surface area (Å²) in [5.41, 5.74) is 2.01.